The molecule has 0 radical (unpaired) electrons. The standard InChI is InChI=1S/C17H26N2O3/c1-6-22-15-9-7-14(8-10-15)11-19(5)17(21)16(12(2)3)18-13(4)20/h7-10,12,16H,6,11H2,1-5H3,(H,18,20). The molecule has 22 heavy (non-hydrogen) atoms. The monoisotopic (exact) mass is 306 g/mol. The van der Waals surface area contributed by atoms with E-state index in [9.17, 15) is 9.59 Å². The zero-order valence-corrected chi connectivity index (χ0v) is 14.1. The zero-order chi connectivity index (χ0) is 16.7. The maximum Gasteiger partial charge on any atom is 0.245 e. The normalized spacial score (nSPS) is 11.9. The fourth-order valence-electron chi connectivity index (χ4n) is 2.18. The highest BCUT2D eigenvalue weighted by molar-refractivity contribution is 5.86. The molecule has 1 rings (SSSR count). The van der Waals surface area contributed by atoms with Crippen molar-refractivity contribution in [2.75, 3.05) is 13.7 Å². The van der Waals surface area contributed by atoms with E-state index in [1.165, 1.54) is 6.92 Å². The molecule has 1 aromatic carbocycles. The fraction of sp³-hybridized carbons (Fsp3) is 0.529. The summed E-state index contributed by atoms with van der Waals surface area (Å²) in [5, 5.41) is 2.72. The maximum atomic E-state index is 12.5. The molecule has 2 amide bonds. The molecule has 0 aliphatic rings. The Morgan fingerprint density at radius 1 is 1.23 bits per heavy atom. The number of benzene rings is 1. The van der Waals surface area contributed by atoms with Gasteiger partial charge in [0.25, 0.3) is 0 Å². The van der Waals surface area contributed by atoms with Gasteiger partial charge in [-0.15, -0.1) is 0 Å². The molecule has 1 aromatic rings. The summed E-state index contributed by atoms with van der Waals surface area (Å²) in [6, 6.07) is 7.18. The molecule has 0 aromatic heterocycles. The van der Waals surface area contributed by atoms with Gasteiger partial charge in [-0.25, -0.2) is 0 Å². The van der Waals surface area contributed by atoms with E-state index >= 15 is 0 Å². The first-order valence-electron chi connectivity index (χ1n) is 7.59. The number of nitrogens with one attached hydrogen (secondary N) is 1. The first-order chi connectivity index (χ1) is 10.3. The first kappa shape index (κ1) is 18.0. The minimum Gasteiger partial charge on any atom is -0.494 e. The van der Waals surface area contributed by atoms with E-state index in [4.69, 9.17) is 4.74 Å². The summed E-state index contributed by atoms with van der Waals surface area (Å²) in [6.45, 7) is 8.33. The Labute approximate surface area is 132 Å². The van der Waals surface area contributed by atoms with E-state index in [2.05, 4.69) is 5.32 Å². The highest BCUT2D eigenvalue weighted by atomic mass is 16.5. The van der Waals surface area contributed by atoms with Gasteiger partial charge in [-0.2, -0.15) is 0 Å². The van der Waals surface area contributed by atoms with Crippen molar-refractivity contribution in [3.63, 3.8) is 0 Å². The Bertz CT molecular complexity index is 497. The number of carbonyl (C=O) groups excluding carboxylic acids is 2. The molecule has 0 bridgehead atoms. The van der Waals surface area contributed by atoms with Gasteiger partial charge in [-0.3, -0.25) is 9.59 Å². The number of rotatable bonds is 7. The average molecular weight is 306 g/mol. The molecule has 5 heteroatoms. The van der Waals surface area contributed by atoms with Crippen LogP contribution in [0.1, 0.15) is 33.3 Å². The SMILES string of the molecule is CCOc1ccc(CN(C)C(=O)C(NC(C)=O)C(C)C)cc1. The van der Waals surface area contributed by atoms with Crippen LogP contribution in [0.4, 0.5) is 0 Å². The highest BCUT2D eigenvalue weighted by Gasteiger charge is 2.25. The first-order valence-corrected chi connectivity index (χ1v) is 7.59. The van der Waals surface area contributed by atoms with Crippen molar-refractivity contribution >= 4 is 11.8 Å². The largest absolute Gasteiger partial charge is 0.494 e. The molecule has 0 heterocycles. The lowest BCUT2D eigenvalue weighted by atomic mass is 10.0. The van der Waals surface area contributed by atoms with Gasteiger partial charge in [0, 0.05) is 20.5 Å². The van der Waals surface area contributed by atoms with Crippen LogP contribution >= 0.6 is 0 Å². The lowest BCUT2D eigenvalue weighted by molar-refractivity contribution is -0.136. The van der Waals surface area contributed by atoms with Crippen molar-refractivity contribution in [1.29, 1.82) is 0 Å². The van der Waals surface area contributed by atoms with Gasteiger partial charge in [-0.05, 0) is 30.5 Å². The van der Waals surface area contributed by atoms with Gasteiger partial charge in [0.1, 0.15) is 11.8 Å². The maximum absolute atomic E-state index is 12.5. The zero-order valence-electron chi connectivity index (χ0n) is 14.1. The molecule has 0 aliphatic carbocycles. The van der Waals surface area contributed by atoms with Crippen LogP contribution in [0, 0.1) is 5.92 Å². The van der Waals surface area contributed by atoms with Gasteiger partial charge in [-0.1, -0.05) is 26.0 Å². The molecular weight excluding hydrogens is 280 g/mol. The van der Waals surface area contributed by atoms with Crippen LogP contribution in [-0.2, 0) is 16.1 Å². The number of carbonyl (C=O) groups is 2. The van der Waals surface area contributed by atoms with Gasteiger partial charge in [0.2, 0.25) is 11.8 Å². The molecule has 0 fully saturated rings. The summed E-state index contributed by atoms with van der Waals surface area (Å²) in [7, 11) is 1.75. The van der Waals surface area contributed by atoms with Crippen molar-refractivity contribution in [1.82, 2.24) is 10.2 Å². The number of ether oxygens (including phenoxy) is 1. The van der Waals surface area contributed by atoms with Crippen molar-refractivity contribution in [2.45, 2.75) is 40.3 Å². The number of hydrogen-bond acceptors (Lipinski definition) is 3. The Hall–Kier alpha value is -2.04. The number of hydrogen-bond donors (Lipinski definition) is 1. The summed E-state index contributed by atoms with van der Waals surface area (Å²) < 4.78 is 5.40. The second-order valence-corrected chi connectivity index (χ2v) is 5.69. The fourth-order valence-corrected chi connectivity index (χ4v) is 2.18. The molecule has 122 valence electrons. The number of nitrogens with zero attached hydrogens (tertiary/aromatic N) is 1. The van der Waals surface area contributed by atoms with Crippen LogP contribution in [0.15, 0.2) is 24.3 Å². The third-order valence-electron chi connectivity index (χ3n) is 3.32. The average Bonchev–Trinajstić information content (AvgIpc) is 2.46. The Balaban J connectivity index is 2.71. The molecule has 0 saturated carbocycles. The van der Waals surface area contributed by atoms with E-state index in [0.29, 0.717) is 13.2 Å². The van der Waals surface area contributed by atoms with Gasteiger partial charge >= 0.3 is 0 Å². The van der Waals surface area contributed by atoms with Crippen LogP contribution in [0.25, 0.3) is 0 Å². The summed E-state index contributed by atoms with van der Waals surface area (Å²) in [5.74, 6) is 0.582. The third-order valence-corrected chi connectivity index (χ3v) is 3.32. The quantitative estimate of drug-likeness (QED) is 0.840. The summed E-state index contributed by atoms with van der Waals surface area (Å²) >= 11 is 0. The predicted molar refractivity (Wildman–Crippen MR) is 86.5 cm³/mol. The summed E-state index contributed by atoms with van der Waals surface area (Å²) in [5.41, 5.74) is 1.02. The van der Waals surface area contributed by atoms with Crippen LogP contribution in [-0.4, -0.2) is 36.4 Å². The topological polar surface area (TPSA) is 58.6 Å². The van der Waals surface area contributed by atoms with Crippen LogP contribution in [0.3, 0.4) is 0 Å². The van der Waals surface area contributed by atoms with Crippen molar-refractivity contribution < 1.29 is 14.3 Å². The van der Waals surface area contributed by atoms with E-state index in [-0.39, 0.29) is 17.7 Å². The van der Waals surface area contributed by atoms with Gasteiger partial charge in [0.05, 0.1) is 6.61 Å². The molecule has 1 N–H and O–H groups in total. The van der Waals surface area contributed by atoms with E-state index in [1.54, 1.807) is 11.9 Å². The van der Waals surface area contributed by atoms with Crippen molar-refractivity contribution in [3.8, 4) is 5.75 Å². The highest BCUT2D eigenvalue weighted by Crippen LogP contribution is 2.14. The molecule has 0 spiro atoms. The minimum atomic E-state index is -0.495. The summed E-state index contributed by atoms with van der Waals surface area (Å²) in [6.07, 6.45) is 0. The smallest absolute Gasteiger partial charge is 0.245 e. The molecular formula is C17H26N2O3. The molecule has 5 nitrogen and oxygen atoms in total. The van der Waals surface area contributed by atoms with E-state index in [0.717, 1.165) is 11.3 Å². The second-order valence-electron chi connectivity index (χ2n) is 5.69. The Morgan fingerprint density at radius 3 is 2.27 bits per heavy atom. The molecule has 1 atom stereocenters. The Kier molecular flexibility index (Phi) is 6.89. The summed E-state index contributed by atoms with van der Waals surface area (Å²) in [4.78, 5) is 25.4. The minimum absolute atomic E-state index is 0.0409. The van der Waals surface area contributed by atoms with Crippen LogP contribution < -0.4 is 10.1 Å². The predicted octanol–water partition coefficient (Wildman–Crippen LogP) is 2.20. The lowest BCUT2D eigenvalue weighted by Crippen LogP contribution is -2.49. The van der Waals surface area contributed by atoms with Gasteiger partial charge in [0.15, 0.2) is 0 Å². The van der Waals surface area contributed by atoms with Crippen molar-refractivity contribution in [3.05, 3.63) is 29.8 Å². The molecule has 1 unspecified atom stereocenters. The molecule has 0 aliphatic heterocycles. The third kappa shape index (κ3) is 5.39. The van der Waals surface area contributed by atoms with E-state index in [1.807, 2.05) is 45.0 Å². The second kappa shape index (κ2) is 8.41. The number of amides is 2. The van der Waals surface area contributed by atoms with Crippen LogP contribution in [0.5, 0.6) is 5.75 Å². The van der Waals surface area contributed by atoms with Gasteiger partial charge < -0.3 is 15.0 Å². The molecule has 0 saturated heterocycles. The van der Waals surface area contributed by atoms with Crippen LogP contribution in [0.2, 0.25) is 0 Å². The Morgan fingerprint density at radius 2 is 1.82 bits per heavy atom. The van der Waals surface area contributed by atoms with Crippen molar-refractivity contribution in [2.24, 2.45) is 5.92 Å². The lowest BCUT2D eigenvalue weighted by Gasteiger charge is -2.26. The van der Waals surface area contributed by atoms with E-state index < -0.39 is 6.04 Å². The number of likely N-dealkylation sites (N-methyl/N-ethyl adjacent to an activating group) is 1.